The summed E-state index contributed by atoms with van der Waals surface area (Å²) in [7, 11) is 0. The molecule has 4 aliphatic carbocycles. The lowest BCUT2D eigenvalue weighted by atomic mass is 9.66. The van der Waals surface area contributed by atoms with Gasteiger partial charge in [-0.1, -0.05) is 6.92 Å². The van der Waals surface area contributed by atoms with Gasteiger partial charge >= 0.3 is 24.0 Å². The van der Waals surface area contributed by atoms with Gasteiger partial charge in [0.15, 0.2) is 6.61 Å². The van der Waals surface area contributed by atoms with Crippen molar-refractivity contribution in [1.29, 1.82) is 0 Å². The van der Waals surface area contributed by atoms with Gasteiger partial charge in [-0.25, -0.2) is 0 Å². The summed E-state index contributed by atoms with van der Waals surface area (Å²) >= 11 is 0. The van der Waals surface area contributed by atoms with Gasteiger partial charge in [0, 0.05) is 0 Å². The molecule has 0 aromatic heterocycles. The van der Waals surface area contributed by atoms with E-state index in [9.17, 15) is 31.5 Å². The molecule has 0 amide bonds. The lowest BCUT2D eigenvalue weighted by Crippen LogP contribution is -2.44. The highest BCUT2D eigenvalue weighted by molar-refractivity contribution is 5.76. The summed E-state index contributed by atoms with van der Waals surface area (Å²) in [6.45, 7) is 3.62. The predicted octanol–water partition coefficient (Wildman–Crippen LogP) is 5.00. The Bertz CT molecular complexity index is 749. The Labute approximate surface area is 178 Å². The van der Waals surface area contributed by atoms with E-state index in [4.69, 9.17) is 4.74 Å². The number of alkyl halides is 5. The maximum atomic E-state index is 13.2. The zero-order valence-corrected chi connectivity index (χ0v) is 17.9. The van der Waals surface area contributed by atoms with Crippen molar-refractivity contribution in [3.63, 3.8) is 0 Å². The van der Waals surface area contributed by atoms with Crippen molar-refractivity contribution in [3.05, 3.63) is 0 Å². The number of hydrogen-bond acceptors (Lipinski definition) is 4. The number of halogens is 5. The van der Waals surface area contributed by atoms with Crippen LogP contribution in [0.2, 0.25) is 0 Å². The van der Waals surface area contributed by atoms with Crippen molar-refractivity contribution < 1.29 is 41.0 Å². The van der Waals surface area contributed by atoms with Gasteiger partial charge in [0.1, 0.15) is 6.10 Å². The molecule has 4 nitrogen and oxygen atoms in total. The van der Waals surface area contributed by atoms with Crippen molar-refractivity contribution >= 4 is 11.9 Å². The molecule has 8 unspecified atom stereocenters. The van der Waals surface area contributed by atoms with Crippen molar-refractivity contribution in [2.45, 2.75) is 71.1 Å². The summed E-state index contributed by atoms with van der Waals surface area (Å²) in [5.74, 6) is -5.65. The Morgan fingerprint density at radius 2 is 1.52 bits per heavy atom. The number of ether oxygens (including phenoxy) is 2. The van der Waals surface area contributed by atoms with Gasteiger partial charge in [0.2, 0.25) is 0 Å². The maximum Gasteiger partial charge on any atom is 0.456 e. The molecule has 8 atom stereocenters. The van der Waals surface area contributed by atoms with E-state index in [1.807, 2.05) is 20.8 Å². The third-order valence-corrected chi connectivity index (χ3v) is 8.57. The Balaban J connectivity index is 1.41. The monoisotopic (exact) mass is 452 g/mol. The van der Waals surface area contributed by atoms with E-state index in [0.29, 0.717) is 24.7 Å². The van der Waals surface area contributed by atoms with Crippen LogP contribution in [0.15, 0.2) is 0 Å². The topological polar surface area (TPSA) is 52.6 Å². The maximum absolute atomic E-state index is 13.2. The van der Waals surface area contributed by atoms with Gasteiger partial charge < -0.3 is 9.47 Å². The smallest absolute Gasteiger partial charge is 0.456 e. The Hall–Kier alpha value is -1.41. The third kappa shape index (κ3) is 3.63. The molecule has 0 saturated heterocycles. The first-order valence-electron chi connectivity index (χ1n) is 11.1. The fourth-order valence-electron chi connectivity index (χ4n) is 6.74. The second kappa shape index (κ2) is 7.30. The third-order valence-electron chi connectivity index (χ3n) is 8.57. The van der Waals surface area contributed by atoms with Crippen molar-refractivity contribution in [3.8, 4) is 0 Å². The molecule has 0 spiro atoms. The van der Waals surface area contributed by atoms with Crippen LogP contribution in [0.5, 0.6) is 0 Å². The SMILES string of the molecule is CCC(C)(C)C(=O)OC1CC2CC1C1C3CC(CC3C(=O)OCC(F)(F)C(F)(F)F)C21. The minimum atomic E-state index is -5.75. The van der Waals surface area contributed by atoms with Crippen LogP contribution in [0.25, 0.3) is 0 Å². The number of rotatable bonds is 6. The minimum absolute atomic E-state index is 0.0994. The quantitative estimate of drug-likeness (QED) is 0.323. The normalized spacial score (nSPS) is 39.0. The summed E-state index contributed by atoms with van der Waals surface area (Å²) in [5.41, 5.74) is -0.577. The molecular formula is C22H29F5O4. The van der Waals surface area contributed by atoms with Crippen LogP contribution < -0.4 is 0 Å². The largest absolute Gasteiger partial charge is 0.462 e. The highest BCUT2D eigenvalue weighted by Crippen LogP contribution is 2.69. The Kier molecular flexibility index (Phi) is 5.36. The Morgan fingerprint density at radius 1 is 0.903 bits per heavy atom. The van der Waals surface area contributed by atoms with E-state index in [1.54, 1.807) is 0 Å². The van der Waals surface area contributed by atoms with Crippen LogP contribution in [-0.2, 0) is 19.1 Å². The van der Waals surface area contributed by atoms with Gasteiger partial charge in [-0.2, -0.15) is 22.0 Å². The zero-order chi connectivity index (χ0) is 22.9. The molecule has 4 aliphatic rings. The molecular weight excluding hydrogens is 423 g/mol. The van der Waals surface area contributed by atoms with E-state index in [0.717, 1.165) is 19.3 Å². The van der Waals surface area contributed by atoms with Crippen molar-refractivity contribution in [2.24, 2.45) is 46.8 Å². The molecule has 0 radical (unpaired) electrons. The first-order chi connectivity index (χ1) is 14.3. The molecule has 0 aromatic carbocycles. The van der Waals surface area contributed by atoms with E-state index in [2.05, 4.69) is 4.74 Å². The average molecular weight is 452 g/mol. The fraction of sp³-hybridized carbons (Fsp3) is 0.909. The number of esters is 2. The van der Waals surface area contributed by atoms with Gasteiger partial charge in [0.25, 0.3) is 0 Å². The first kappa shape index (κ1) is 22.8. The van der Waals surface area contributed by atoms with Crippen molar-refractivity contribution in [1.82, 2.24) is 0 Å². The molecule has 4 bridgehead atoms. The first-order valence-corrected chi connectivity index (χ1v) is 11.1. The van der Waals surface area contributed by atoms with Crippen LogP contribution in [0.4, 0.5) is 22.0 Å². The van der Waals surface area contributed by atoms with Gasteiger partial charge in [0.05, 0.1) is 11.3 Å². The highest BCUT2D eigenvalue weighted by Gasteiger charge is 2.67. The predicted molar refractivity (Wildman–Crippen MR) is 98.8 cm³/mol. The summed E-state index contributed by atoms with van der Waals surface area (Å²) < 4.78 is 73.7. The van der Waals surface area contributed by atoms with Crippen LogP contribution in [0.3, 0.4) is 0 Å². The molecule has 9 heteroatoms. The average Bonchev–Trinajstić information content (AvgIpc) is 3.43. The lowest BCUT2D eigenvalue weighted by molar-refractivity contribution is -0.294. The number of hydrogen-bond donors (Lipinski definition) is 0. The van der Waals surface area contributed by atoms with Gasteiger partial charge in [-0.15, -0.1) is 0 Å². The second-order valence-corrected chi connectivity index (χ2v) is 10.5. The van der Waals surface area contributed by atoms with E-state index < -0.39 is 36.0 Å². The van der Waals surface area contributed by atoms with Crippen LogP contribution in [0, 0.1) is 46.8 Å². The summed E-state index contributed by atoms with van der Waals surface area (Å²) in [6, 6.07) is 0. The summed E-state index contributed by atoms with van der Waals surface area (Å²) in [5, 5.41) is 0. The lowest BCUT2D eigenvalue weighted by Gasteiger charge is -2.41. The number of carbonyl (C=O) groups excluding carboxylic acids is 2. The van der Waals surface area contributed by atoms with E-state index in [1.165, 1.54) is 0 Å². The molecule has 0 N–H and O–H groups in total. The molecule has 0 aliphatic heterocycles. The second-order valence-electron chi connectivity index (χ2n) is 10.5. The van der Waals surface area contributed by atoms with Gasteiger partial charge in [-0.3, -0.25) is 9.59 Å². The molecule has 0 aromatic rings. The van der Waals surface area contributed by atoms with E-state index in [-0.39, 0.29) is 35.7 Å². The molecule has 4 fully saturated rings. The van der Waals surface area contributed by atoms with Crippen LogP contribution in [-0.4, -0.2) is 36.7 Å². The molecule has 4 saturated carbocycles. The Morgan fingerprint density at radius 3 is 2.13 bits per heavy atom. The minimum Gasteiger partial charge on any atom is -0.462 e. The highest BCUT2D eigenvalue weighted by atomic mass is 19.4. The summed E-state index contributed by atoms with van der Waals surface area (Å²) in [4.78, 5) is 25.0. The van der Waals surface area contributed by atoms with Crippen molar-refractivity contribution in [2.75, 3.05) is 6.61 Å². The van der Waals surface area contributed by atoms with Crippen LogP contribution >= 0.6 is 0 Å². The molecule has 31 heavy (non-hydrogen) atoms. The summed E-state index contributed by atoms with van der Waals surface area (Å²) in [6.07, 6.45) is -2.33. The molecule has 4 rings (SSSR count). The molecule has 176 valence electrons. The van der Waals surface area contributed by atoms with E-state index >= 15 is 0 Å². The molecule has 0 heterocycles. The standard InChI is InChI=1S/C22H29F5O4/c1-4-20(2,3)19(29)31-15-8-11-7-14(15)17-12-5-10(16(11)17)6-13(12)18(28)30-9-21(23,24)22(25,26)27/h10-17H,4-9H2,1-3H3. The van der Waals surface area contributed by atoms with Crippen LogP contribution in [0.1, 0.15) is 52.9 Å². The zero-order valence-electron chi connectivity index (χ0n) is 17.9. The number of carbonyl (C=O) groups is 2. The van der Waals surface area contributed by atoms with Gasteiger partial charge in [-0.05, 0) is 81.5 Å². The number of fused-ring (bicyclic) bond motifs is 9. The fourth-order valence-corrected chi connectivity index (χ4v) is 6.74.